The number of carbonyl (C=O) groups is 1. The number of rotatable bonds is 6. The average Bonchev–Trinajstić information content (AvgIpc) is 3.11. The van der Waals surface area contributed by atoms with E-state index in [-0.39, 0.29) is 17.9 Å². The van der Waals surface area contributed by atoms with Crippen LogP contribution in [0.15, 0.2) is 54.6 Å². The molecule has 0 saturated carbocycles. The Morgan fingerprint density at radius 1 is 1.17 bits per heavy atom. The minimum absolute atomic E-state index is 0.0309. The Kier molecular flexibility index (Phi) is 5.95. The molecule has 0 spiro atoms. The van der Waals surface area contributed by atoms with Gasteiger partial charge in [0.05, 0.1) is 29.5 Å². The van der Waals surface area contributed by atoms with Crippen LogP contribution in [0, 0.1) is 5.92 Å². The van der Waals surface area contributed by atoms with Gasteiger partial charge in [0, 0.05) is 13.1 Å². The molecule has 0 bridgehead atoms. The molecule has 2 heterocycles. The van der Waals surface area contributed by atoms with E-state index in [1.54, 1.807) is 0 Å². The number of aryl methyl sites for hydroxylation is 1. The van der Waals surface area contributed by atoms with Crippen LogP contribution in [0.2, 0.25) is 0 Å². The Balaban J connectivity index is 1.41. The average molecular weight is 391 g/mol. The van der Waals surface area contributed by atoms with Gasteiger partial charge in [-0.3, -0.25) is 9.69 Å². The largest absolute Gasteiger partial charge is 0.349 e. The van der Waals surface area contributed by atoms with Crippen molar-refractivity contribution in [1.29, 1.82) is 0 Å². The molecule has 5 heteroatoms. The maximum atomic E-state index is 12.9. The molecule has 4 rings (SSSR count). The highest BCUT2D eigenvalue weighted by molar-refractivity contribution is 5.79. The van der Waals surface area contributed by atoms with Gasteiger partial charge in [0.2, 0.25) is 5.91 Å². The van der Waals surface area contributed by atoms with E-state index in [4.69, 9.17) is 4.98 Å². The van der Waals surface area contributed by atoms with Crippen LogP contribution in [-0.2, 0) is 17.9 Å². The van der Waals surface area contributed by atoms with Crippen molar-refractivity contribution in [2.75, 3.05) is 13.1 Å². The minimum Gasteiger partial charge on any atom is -0.349 e. The second kappa shape index (κ2) is 8.78. The van der Waals surface area contributed by atoms with Gasteiger partial charge in [-0.25, -0.2) is 4.98 Å². The Morgan fingerprint density at radius 2 is 1.93 bits per heavy atom. The molecule has 2 aromatic carbocycles. The predicted octanol–water partition coefficient (Wildman–Crippen LogP) is 4.15. The van der Waals surface area contributed by atoms with Crippen LogP contribution >= 0.6 is 0 Å². The summed E-state index contributed by atoms with van der Waals surface area (Å²) in [5.41, 5.74) is 3.38. The predicted molar refractivity (Wildman–Crippen MR) is 116 cm³/mol. The van der Waals surface area contributed by atoms with Crippen molar-refractivity contribution < 1.29 is 4.79 Å². The SMILES string of the molecule is CCn1c(CN2CCC[C@@H](C(=O)N[C@H](C)c3ccccc3)C2)nc2ccccc21. The molecule has 1 aliphatic rings. The lowest BCUT2D eigenvalue weighted by atomic mass is 9.96. The second-order valence-electron chi connectivity index (χ2n) is 7.98. The van der Waals surface area contributed by atoms with Crippen LogP contribution in [0.25, 0.3) is 11.0 Å². The first-order valence-electron chi connectivity index (χ1n) is 10.7. The van der Waals surface area contributed by atoms with Crippen molar-refractivity contribution in [2.45, 2.75) is 45.8 Å². The van der Waals surface area contributed by atoms with E-state index in [1.807, 2.05) is 24.3 Å². The van der Waals surface area contributed by atoms with Crippen LogP contribution in [0.5, 0.6) is 0 Å². The normalized spacial score (nSPS) is 18.6. The fourth-order valence-electron chi connectivity index (χ4n) is 4.37. The summed E-state index contributed by atoms with van der Waals surface area (Å²) in [5.74, 6) is 1.29. The Hall–Kier alpha value is -2.66. The van der Waals surface area contributed by atoms with Crippen molar-refractivity contribution >= 4 is 16.9 Å². The zero-order chi connectivity index (χ0) is 20.2. The number of carbonyl (C=O) groups excluding carboxylic acids is 1. The quantitative estimate of drug-likeness (QED) is 0.688. The van der Waals surface area contributed by atoms with Crippen molar-refractivity contribution in [2.24, 2.45) is 5.92 Å². The molecule has 1 aliphatic heterocycles. The molecule has 3 aromatic rings. The first-order valence-corrected chi connectivity index (χ1v) is 10.7. The lowest BCUT2D eigenvalue weighted by molar-refractivity contribution is -0.127. The van der Waals surface area contributed by atoms with E-state index in [0.717, 1.165) is 55.9 Å². The number of amides is 1. The van der Waals surface area contributed by atoms with Gasteiger partial charge in [-0.15, -0.1) is 0 Å². The number of likely N-dealkylation sites (tertiary alicyclic amines) is 1. The molecular weight excluding hydrogens is 360 g/mol. The Labute approximate surface area is 172 Å². The number of hydrogen-bond donors (Lipinski definition) is 1. The molecular formula is C24H30N4O. The van der Waals surface area contributed by atoms with Gasteiger partial charge in [0.15, 0.2) is 0 Å². The third-order valence-electron chi connectivity index (χ3n) is 5.95. The van der Waals surface area contributed by atoms with Crippen LogP contribution in [0.4, 0.5) is 0 Å². The zero-order valence-electron chi connectivity index (χ0n) is 17.3. The molecule has 1 saturated heterocycles. The number of aromatic nitrogens is 2. The van der Waals surface area contributed by atoms with Crippen LogP contribution < -0.4 is 5.32 Å². The van der Waals surface area contributed by atoms with Gasteiger partial charge in [0.1, 0.15) is 5.82 Å². The molecule has 1 N–H and O–H groups in total. The van der Waals surface area contributed by atoms with E-state index in [9.17, 15) is 4.79 Å². The number of hydrogen-bond acceptors (Lipinski definition) is 3. The summed E-state index contributed by atoms with van der Waals surface area (Å²) in [4.78, 5) is 20.1. The summed E-state index contributed by atoms with van der Waals surface area (Å²) in [5, 5.41) is 3.21. The number of imidazole rings is 1. The van der Waals surface area contributed by atoms with Gasteiger partial charge in [-0.05, 0) is 50.9 Å². The van der Waals surface area contributed by atoms with E-state index < -0.39 is 0 Å². The summed E-state index contributed by atoms with van der Waals surface area (Å²) < 4.78 is 2.29. The van der Waals surface area contributed by atoms with Gasteiger partial charge >= 0.3 is 0 Å². The fourth-order valence-corrected chi connectivity index (χ4v) is 4.37. The molecule has 1 amide bonds. The summed E-state index contributed by atoms with van der Waals surface area (Å²) in [6.07, 6.45) is 2.00. The summed E-state index contributed by atoms with van der Waals surface area (Å²) in [7, 11) is 0. The van der Waals surface area contributed by atoms with E-state index in [2.05, 4.69) is 59.0 Å². The third kappa shape index (κ3) is 4.35. The first kappa shape index (κ1) is 19.6. The molecule has 1 aromatic heterocycles. The smallest absolute Gasteiger partial charge is 0.224 e. The van der Waals surface area contributed by atoms with Gasteiger partial charge in [-0.2, -0.15) is 0 Å². The number of piperidine rings is 1. The van der Waals surface area contributed by atoms with E-state index in [1.165, 1.54) is 5.52 Å². The Bertz CT molecular complexity index is 965. The first-order chi connectivity index (χ1) is 14.2. The standard InChI is InChI=1S/C24H30N4O/c1-3-28-22-14-8-7-13-21(22)26-23(28)17-27-15-9-12-20(16-27)24(29)25-18(2)19-10-5-4-6-11-19/h4-8,10-11,13-14,18,20H,3,9,12,15-17H2,1-2H3,(H,25,29)/t18-,20-/m1/s1. The lowest BCUT2D eigenvalue weighted by Gasteiger charge is -2.32. The van der Waals surface area contributed by atoms with Crippen LogP contribution in [-0.4, -0.2) is 33.4 Å². The fraction of sp³-hybridized carbons (Fsp3) is 0.417. The summed E-state index contributed by atoms with van der Waals surface area (Å²) in [6, 6.07) is 18.5. The van der Waals surface area contributed by atoms with Gasteiger partial charge in [-0.1, -0.05) is 42.5 Å². The van der Waals surface area contributed by atoms with Gasteiger partial charge < -0.3 is 9.88 Å². The van der Waals surface area contributed by atoms with E-state index >= 15 is 0 Å². The van der Waals surface area contributed by atoms with Crippen molar-refractivity contribution in [3.05, 3.63) is 66.0 Å². The minimum atomic E-state index is 0.0309. The maximum absolute atomic E-state index is 12.9. The maximum Gasteiger partial charge on any atom is 0.224 e. The number of para-hydroxylation sites is 2. The number of nitrogens with one attached hydrogen (secondary N) is 1. The number of benzene rings is 2. The summed E-state index contributed by atoms with van der Waals surface area (Å²) >= 11 is 0. The number of fused-ring (bicyclic) bond motifs is 1. The topological polar surface area (TPSA) is 50.2 Å². The molecule has 152 valence electrons. The molecule has 29 heavy (non-hydrogen) atoms. The monoisotopic (exact) mass is 390 g/mol. The highest BCUT2D eigenvalue weighted by Gasteiger charge is 2.27. The summed E-state index contributed by atoms with van der Waals surface area (Å²) in [6.45, 7) is 7.72. The number of nitrogens with zero attached hydrogens (tertiary/aromatic N) is 3. The molecule has 5 nitrogen and oxygen atoms in total. The molecule has 1 fully saturated rings. The highest BCUT2D eigenvalue weighted by atomic mass is 16.2. The van der Waals surface area contributed by atoms with E-state index in [0.29, 0.717) is 0 Å². The lowest BCUT2D eigenvalue weighted by Crippen LogP contribution is -2.43. The van der Waals surface area contributed by atoms with Crippen molar-refractivity contribution in [1.82, 2.24) is 19.8 Å². The third-order valence-corrected chi connectivity index (χ3v) is 5.95. The van der Waals surface area contributed by atoms with Gasteiger partial charge in [0.25, 0.3) is 0 Å². The zero-order valence-corrected chi connectivity index (χ0v) is 17.3. The molecule has 2 atom stereocenters. The van der Waals surface area contributed by atoms with Crippen LogP contribution in [0.3, 0.4) is 0 Å². The van der Waals surface area contributed by atoms with Crippen LogP contribution in [0.1, 0.15) is 44.1 Å². The molecule has 0 aliphatic carbocycles. The highest BCUT2D eigenvalue weighted by Crippen LogP contribution is 2.22. The molecule has 0 unspecified atom stereocenters. The Morgan fingerprint density at radius 3 is 2.72 bits per heavy atom. The van der Waals surface area contributed by atoms with Crippen molar-refractivity contribution in [3.8, 4) is 0 Å². The molecule has 0 radical (unpaired) electrons. The van der Waals surface area contributed by atoms with Crippen molar-refractivity contribution in [3.63, 3.8) is 0 Å². The second-order valence-corrected chi connectivity index (χ2v) is 7.98.